The van der Waals surface area contributed by atoms with Crippen LogP contribution in [0.2, 0.25) is 0 Å². The second-order valence-electron chi connectivity index (χ2n) is 5.35. The zero-order valence-corrected chi connectivity index (χ0v) is 11.8. The Bertz CT molecular complexity index is 547. The Hall–Kier alpha value is -2.15. The van der Waals surface area contributed by atoms with Gasteiger partial charge in [0, 0.05) is 24.6 Å². The number of nitro groups is 1. The van der Waals surface area contributed by atoms with Gasteiger partial charge in [-0.2, -0.15) is 0 Å². The molecule has 1 aromatic carbocycles. The monoisotopic (exact) mass is 293 g/mol. The van der Waals surface area contributed by atoms with E-state index in [0.29, 0.717) is 12.2 Å². The summed E-state index contributed by atoms with van der Waals surface area (Å²) >= 11 is 0. The van der Waals surface area contributed by atoms with Gasteiger partial charge < -0.3 is 15.7 Å². The predicted octanol–water partition coefficient (Wildman–Crippen LogP) is 2.19. The lowest BCUT2D eigenvalue weighted by molar-refractivity contribution is -0.384. The molecule has 7 nitrogen and oxygen atoms in total. The zero-order valence-electron chi connectivity index (χ0n) is 11.8. The molecule has 21 heavy (non-hydrogen) atoms. The molecule has 0 unspecified atom stereocenters. The highest BCUT2D eigenvalue weighted by molar-refractivity contribution is 5.90. The molecule has 1 aromatic rings. The van der Waals surface area contributed by atoms with Gasteiger partial charge in [0.1, 0.15) is 0 Å². The van der Waals surface area contributed by atoms with Crippen molar-refractivity contribution in [3.8, 4) is 0 Å². The maximum absolute atomic E-state index is 11.8. The van der Waals surface area contributed by atoms with Gasteiger partial charge >= 0.3 is 6.03 Å². The molecule has 2 atom stereocenters. The zero-order chi connectivity index (χ0) is 15.4. The third kappa shape index (κ3) is 3.91. The van der Waals surface area contributed by atoms with E-state index in [1.807, 2.05) is 0 Å². The molecule has 0 bridgehead atoms. The molecule has 0 saturated heterocycles. The Labute approximate surface area is 122 Å². The summed E-state index contributed by atoms with van der Waals surface area (Å²) < 4.78 is 0. The molecule has 1 saturated carbocycles. The van der Waals surface area contributed by atoms with Crippen LogP contribution in [0.25, 0.3) is 0 Å². The summed E-state index contributed by atoms with van der Waals surface area (Å²) in [5, 5.41) is 25.7. The first-order valence-corrected chi connectivity index (χ1v) is 6.95. The van der Waals surface area contributed by atoms with E-state index in [9.17, 15) is 20.0 Å². The fraction of sp³-hybridized carbons (Fsp3) is 0.500. The van der Waals surface area contributed by atoms with E-state index >= 15 is 0 Å². The number of benzene rings is 1. The predicted molar refractivity (Wildman–Crippen MR) is 78.2 cm³/mol. The third-order valence-electron chi connectivity index (χ3n) is 3.82. The molecule has 114 valence electrons. The van der Waals surface area contributed by atoms with Crippen LogP contribution in [0.5, 0.6) is 0 Å². The van der Waals surface area contributed by atoms with Crippen LogP contribution in [0.3, 0.4) is 0 Å². The van der Waals surface area contributed by atoms with Crippen LogP contribution in [0.4, 0.5) is 16.2 Å². The number of urea groups is 1. The molecule has 3 N–H and O–H groups in total. The molecule has 1 aliphatic carbocycles. The van der Waals surface area contributed by atoms with Gasteiger partial charge in [-0.1, -0.05) is 12.5 Å². The van der Waals surface area contributed by atoms with Crippen molar-refractivity contribution in [3.63, 3.8) is 0 Å². The largest absolute Gasteiger partial charge is 0.393 e. The van der Waals surface area contributed by atoms with Crippen molar-refractivity contribution in [2.45, 2.75) is 32.3 Å². The molecule has 0 spiro atoms. The SMILES string of the molecule is Cc1ccc([N+](=O)[O-])cc1NC(=O)NC[C@H]1CCC[C@H]1O. The molecule has 0 radical (unpaired) electrons. The van der Waals surface area contributed by atoms with E-state index in [2.05, 4.69) is 10.6 Å². The summed E-state index contributed by atoms with van der Waals surface area (Å²) in [6.07, 6.45) is 2.29. The molecule has 1 aliphatic rings. The number of hydrogen-bond acceptors (Lipinski definition) is 4. The molecule has 0 aliphatic heterocycles. The molecule has 0 aromatic heterocycles. The van der Waals surface area contributed by atoms with Crippen LogP contribution in [0.1, 0.15) is 24.8 Å². The van der Waals surface area contributed by atoms with E-state index in [-0.39, 0.29) is 17.7 Å². The lowest BCUT2D eigenvalue weighted by Crippen LogP contribution is -2.35. The number of nitrogens with one attached hydrogen (secondary N) is 2. The minimum absolute atomic E-state index is 0.0675. The van der Waals surface area contributed by atoms with Gasteiger partial charge in [0.25, 0.3) is 5.69 Å². The summed E-state index contributed by atoms with van der Waals surface area (Å²) in [6, 6.07) is 3.90. The van der Waals surface area contributed by atoms with Crippen LogP contribution in [-0.2, 0) is 0 Å². The van der Waals surface area contributed by atoms with E-state index in [1.165, 1.54) is 12.1 Å². The number of nitrogens with zero attached hydrogens (tertiary/aromatic N) is 1. The molecule has 2 amide bonds. The number of anilines is 1. The molecule has 0 heterocycles. The van der Waals surface area contributed by atoms with Gasteiger partial charge in [-0.3, -0.25) is 10.1 Å². The first-order valence-electron chi connectivity index (χ1n) is 6.95. The van der Waals surface area contributed by atoms with E-state index in [4.69, 9.17) is 0 Å². The van der Waals surface area contributed by atoms with Gasteiger partial charge in [-0.25, -0.2) is 4.79 Å². The Morgan fingerprint density at radius 1 is 1.48 bits per heavy atom. The number of aryl methyl sites for hydroxylation is 1. The van der Waals surface area contributed by atoms with Crippen molar-refractivity contribution >= 4 is 17.4 Å². The third-order valence-corrected chi connectivity index (χ3v) is 3.82. The normalized spacial score (nSPS) is 21.0. The van der Waals surface area contributed by atoms with Crippen LogP contribution in [0.15, 0.2) is 18.2 Å². The summed E-state index contributed by atoms with van der Waals surface area (Å²) in [6.45, 7) is 2.17. The van der Waals surface area contributed by atoms with Gasteiger partial charge in [0.2, 0.25) is 0 Å². The van der Waals surface area contributed by atoms with Crippen LogP contribution in [-0.4, -0.2) is 28.7 Å². The van der Waals surface area contributed by atoms with Gasteiger partial charge in [0.05, 0.1) is 16.7 Å². The second kappa shape index (κ2) is 6.53. The van der Waals surface area contributed by atoms with Crippen LogP contribution in [0, 0.1) is 23.0 Å². The van der Waals surface area contributed by atoms with Crippen molar-refractivity contribution in [1.29, 1.82) is 0 Å². The smallest absolute Gasteiger partial charge is 0.319 e. The summed E-state index contributed by atoms with van der Waals surface area (Å²) in [5.74, 6) is 0.0851. The highest BCUT2D eigenvalue weighted by Gasteiger charge is 2.25. The van der Waals surface area contributed by atoms with Crippen molar-refractivity contribution < 1.29 is 14.8 Å². The number of carbonyl (C=O) groups is 1. The van der Waals surface area contributed by atoms with E-state index < -0.39 is 11.0 Å². The van der Waals surface area contributed by atoms with Crippen molar-refractivity contribution in [2.24, 2.45) is 5.92 Å². The Morgan fingerprint density at radius 3 is 2.86 bits per heavy atom. The number of hydrogen-bond donors (Lipinski definition) is 3. The lowest BCUT2D eigenvalue weighted by atomic mass is 10.1. The number of rotatable bonds is 4. The van der Waals surface area contributed by atoms with Crippen molar-refractivity contribution in [3.05, 3.63) is 33.9 Å². The van der Waals surface area contributed by atoms with Crippen molar-refractivity contribution in [1.82, 2.24) is 5.32 Å². The number of non-ortho nitro benzene ring substituents is 1. The minimum atomic E-state index is -0.503. The molecule has 1 fully saturated rings. The first-order chi connectivity index (χ1) is 9.97. The lowest BCUT2D eigenvalue weighted by Gasteiger charge is -2.16. The molecular weight excluding hydrogens is 274 g/mol. The quantitative estimate of drug-likeness (QED) is 0.584. The fourth-order valence-corrected chi connectivity index (χ4v) is 2.50. The number of amides is 2. The van der Waals surface area contributed by atoms with Gasteiger partial charge in [0.15, 0.2) is 0 Å². The Kier molecular flexibility index (Phi) is 4.74. The standard InChI is InChI=1S/C14H19N3O4/c1-9-5-6-11(17(20)21)7-12(9)16-14(19)15-8-10-3-2-4-13(10)18/h5-7,10,13,18H,2-4,8H2,1H3,(H2,15,16,19)/t10-,13-/m1/s1. The number of aliphatic hydroxyl groups excluding tert-OH is 1. The summed E-state index contributed by atoms with van der Waals surface area (Å²) in [4.78, 5) is 22.1. The average molecular weight is 293 g/mol. The molecule has 7 heteroatoms. The second-order valence-corrected chi connectivity index (χ2v) is 5.35. The van der Waals surface area contributed by atoms with Crippen LogP contribution < -0.4 is 10.6 Å². The minimum Gasteiger partial charge on any atom is -0.393 e. The van der Waals surface area contributed by atoms with Crippen molar-refractivity contribution in [2.75, 3.05) is 11.9 Å². The highest BCUT2D eigenvalue weighted by atomic mass is 16.6. The number of nitro benzene ring substituents is 1. The Balaban J connectivity index is 1.93. The molecular formula is C14H19N3O4. The highest BCUT2D eigenvalue weighted by Crippen LogP contribution is 2.25. The summed E-state index contributed by atoms with van der Waals surface area (Å²) in [5.41, 5.74) is 1.09. The first kappa shape index (κ1) is 15.2. The van der Waals surface area contributed by atoms with Crippen LogP contribution >= 0.6 is 0 Å². The number of carbonyl (C=O) groups excluding carboxylic acids is 1. The summed E-state index contributed by atoms with van der Waals surface area (Å²) in [7, 11) is 0. The average Bonchev–Trinajstić information content (AvgIpc) is 2.84. The maximum Gasteiger partial charge on any atom is 0.319 e. The fourth-order valence-electron chi connectivity index (χ4n) is 2.50. The van der Waals surface area contributed by atoms with E-state index in [1.54, 1.807) is 13.0 Å². The van der Waals surface area contributed by atoms with Gasteiger partial charge in [-0.05, 0) is 25.3 Å². The Morgan fingerprint density at radius 2 is 2.24 bits per heavy atom. The number of aliphatic hydroxyl groups is 1. The maximum atomic E-state index is 11.8. The molecule has 2 rings (SSSR count). The van der Waals surface area contributed by atoms with E-state index in [0.717, 1.165) is 24.8 Å². The van der Waals surface area contributed by atoms with Gasteiger partial charge in [-0.15, -0.1) is 0 Å². The topological polar surface area (TPSA) is 105 Å².